The highest BCUT2D eigenvalue weighted by Gasteiger charge is 2.14. The second kappa shape index (κ2) is 22.6. The van der Waals surface area contributed by atoms with Gasteiger partial charge in [0.2, 0.25) is 5.91 Å². The number of carbonyl (C=O) groups is 1. The van der Waals surface area contributed by atoms with Crippen molar-refractivity contribution in [1.82, 2.24) is 10.2 Å². The molecule has 0 spiro atoms. The molecule has 1 aliphatic heterocycles. The molecule has 0 aliphatic carbocycles. The summed E-state index contributed by atoms with van der Waals surface area (Å²) >= 11 is 0. The molecule has 4 nitrogen and oxygen atoms in total. The fourth-order valence-corrected chi connectivity index (χ4v) is 4.46. The summed E-state index contributed by atoms with van der Waals surface area (Å²) in [6, 6.07) is 0. The van der Waals surface area contributed by atoms with Gasteiger partial charge in [0, 0.05) is 19.8 Å². The molecular formula is C27H54N2O2. The van der Waals surface area contributed by atoms with Crippen molar-refractivity contribution in [2.75, 3.05) is 39.4 Å². The first-order valence-corrected chi connectivity index (χ1v) is 13.9. The lowest BCUT2D eigenvalue weighted by molar-refractivity contribution is -0.122. The molecule has 1 heterocycles. The minimum atomic E-state index is 0.166. The monoisotopic (exact) mass is 438 g/mol. The first kappa shape index (κ1) is 28.4. The van der Waals surface area contributed by atoms with E-state index in [1.165, 1.54) is 116 Å². The van der Waals surface area contributed by atoms with Crippen molar-refractivity contribution in [2.24, 2.45) is 0 Å². The number of rotatable bonds is 23. The van der Waals surface area contributed by atoms with Gasteiger partial charge in [-0.2, -0.15) is 0 Å². The summed E-state index contributed by atoms with van der Waals surface area (Å²) in [6.45, 7) is 7.40. The number of hydrogen-bond donors (Lipinski definition) is 1. The van der Waals surface area contributed by atoms with E-state index in [9.17, 15) is 4.79 Å². The second-order valence-electron chi connectivity index (χ2n) is 9.60. The van der Waals surface area contributed by atoms with Gasteiger partial charge in [-0.05, 0) is 38.8 Å². The first-order chi connectivity index (χ1) is 15.3. The maximum absolute atomic E-state index is 11.8. The molecule has 0 saturated carbocycles. The van der Waals surface area contributed by atoms with Crippen molar-refractivity contribution in [3.05, 3.63) is 0 Å². The fraction of sp³-hybridized carbons (Fsp3) is 0.963. The molecule has 0 atom stereocenters. The summed E-state index contributed by atoms with van der Waals surface area (Å²) in [5, 5.41) is 3.01. The normalized spacial score (nSPS) is 14.4. The van der Waals surface area contributed by atoms with Gasteiger partial charge >= 0.3 is 0 Å². The van der Waals surface area contributed by atoms with E-state index in [2.05, 4.69) is 17.1 Å². The van der Waals surface area contributed by atoms with Crippen molar-refractivity contribution in [2.45, 2.75) is 129 Å². The average Bonchev–Trinajstić information content (AvgIpc) is 3.27. The van der Waals surface area contributed by atoms with Gasteiger partial charge in [-0.3, -0.25) is 9.69 Å². The number of nitrogens with one attached hydrogen (secondary N) is 1. The van der Waals surface area contributed by atoms with Crippen LogP contribution in [0.2, 0.25) is 0 Å². The lowest BCUT2D eigenvalue weighted by atomic mass is 10.0. The maximum atomic E-state index is 11.8. The molecule has 1 rings (SSSR count). The highest BCUT2D eigenvalue weighted by atomic mass is 16.5. The van der Waals surface area contributed by atoms with Crippen LogP contribution in [0.5, 0.6) is 0 Å². The number of carbonyl (C=O) groups excluding carboxylic acids is 1. The van der Waals surface area contributed by atoms with Gasteiger partial charge in [0.1, 0.15) is 0 Å². The summed E-state index contributed by atoms with van der Waals surface area (Å²) in [5.74, 6) is 0.166. The fourth-order valence-electron chi connectivity index (χ4n) is 4.46. The van der Waals surface area contributed by atoms with E-state index in [1.54, 1.807) is 0 Å². The molecule has 0 aromatic carbocycles. The number of likely N-dealkylation sites (tertiary alicyclic amines) is 1. The van der Waals surface area contributed by atoms with E-state index in [0.29, 0.717) is 6.54 Å². The first-order valence-electron chi connectivity index (χ1n) is 13.9. The zero-order chi connectivity index (χ0) is 22.2. The Balaban J connectivity index is 1.66. The van der Waals surface area contributed by atoms with Gasteiger partial charge in [-0.15, -0.1) is 0 Å². The summed E-state index contributed by atoms with van der Waals surface area (Å²) in [6.07, 6.45) is 25.8. The quantitative estimate of drug-likeness (QED) is 0.177. The second-order valence-corrected chi connectivity index (χ2v) is 9.60. The molecule has 0 aromatic heterocycles. The van der Waals surface area contributed by atoms with Crippen molar-refractivity contribution in [3.8, 4) is 0 Å². The smallest absolute Gasteiger partial charge is 0.234 e. The molecule has 4 heteroatoms. The third kappa shape index (κ3) is 19.8. The van der Waals surface area contributed by atoms with Crippen LogP contribution in [0.15, 0.2) is 0 Å². The largest absolute Gasteiger partial charge is 0.381 e. The van der Waals surface area contributed by atoms with E-state index >= 15 is 0 Å². The van der Waals surface area contributed by atoms with Crippen molar-refractivity contribution in [3.63, 3.8) is 0 Å². The molecule has 0 aromatic rings. The van der Waals surface area contributed by atoms with Crippen LogP contribution in [0, 0.1) is 0 Å². The van der Waals surface area contributed by atoms with E-state index in [-0.39, 0.29) is 5.91 Å². The highest BCUT2D eigenvalue weighted by molar-refractivity contribution is 5.77. The van der Waals surface area contributed by atoms with Gasteiger partial charge in [0.15, 0.2) is 0 Å². The Morgan fingerprint density at radius 1 is 0.677 bits per heavy atom. The number of ether oxygens (including phenoxy) is 1. The van der Waals surface area contributed by atoms with Crippen molar-refractivity contribution >= 4 is 5.91 Å². The predicted octanol–water partition coefficient (Wildman–Crippen LogP) is 6.87. The third-order valence-corrected chi connectivity index (χ3v) is 6.50. The van der Waals surface area contributed by atoms with Crippen LogP contribution < -0.4 is 5.32 Å². The van der Waals surface area contributed by atoms with Crippen LogP contribution in [0.1, 0.15) is 129 Å². The molecule has 1 fully saturated rings. The lowest BCUT2D eigenvalue weighted by Crippen LogP contribution is -2.36. The van der Waals surface area contributed by atoms with Gasteiger partial charge in [0.25, 0.3) is 0 Å². The maximum Gasteiger partial charge on any atom is 0.234 e. The molecular weight excluding hydrogens is 384 g/mol. The van der Waals surface area contributed by atoms with Crippen LogP contribution in [-0.2, 0) is 9.53 Å². The van der Waals surface area contributed by atoms with Gasteiger partial charge in [-0.25, -0.2) is 0 Å². The topological polar surface area (TPSA) is 41.6 Å². The third-order valence-electron chi connectivity index (χ3n) is 6.50. The van der Waals surface area contributed by atoms with Crippen LogP contribution in [0.4, 0.5) is 0 Å². The van der Waals surface area contributed by atoms with E-state index in [1.807, 2.05) is 0 Å². The molecule has 1 aliphatic rings. The molecule has 1 amide bonds. The minimum absolute atomic E-state index is 0.166. The SMILES string of the molecule is CCCCCCCCCCCCCCCCCCOCCCNC(=O)CN1CCCC1. The van der Waals surface area contributed by atoms with Crippen molar-refractivity contribution < 1.29 is 9.53 Å². The van der Waals surface area contributed by atoms with E-state index in [0.717, 1.165) is 39.3 Å². The van der Waals surface area contributed by atoms with Crippen LogP contribution >= 0.6 is 0 Å². The number of amides is 1. The van der Waals surface area contributed by atoms with Gasteiger partial charge in [0.05, 0.1) is 6.54 Å². The number of hydrogen-bond acceptors (Lipinski definition) is 3. The average molecular weight is 439 g/mol. The minimum Gasteiger partial charge on any atom is -0.381 e. The summed E-state index contributed by atoms with van der Waals surface area (Å²) in [5.41, 5.74) is 0. The van der Waals surface area contributed by atoms with Gasteiger partial charge in [-0.1, -0.05) is 103 Å². The predicted molar refractivity (Wildman–Crippen MR) is 134 cm³/mol. The molecule has 184 valence electrons. The molecule has 1 N–H and O–H groups in total. The van der Waals surface area contributed by atoms with E-state index in [4.69, 9.17) is 4.74 Å². The highest BCUT2D eigenvalue weighted by Crippen LogP contribution is 2.13. The molecule has 31 heavy (non-hydrogen) atoms. The Labute approximate surface area is 194 Å². The molecule has 0 bridgehead atoms. The van der Waals surface area contributed by atoms with Crippen LogP contribution in [-0.4, -0.2) is 50.2 Å². The molecule has 0 unspecified atom stereocenters. The van der Waals surface area contributed by atoms with Crippen LogP contribution in [0.3, 0.4) is 0 Å². The molecule has 0 radical (unpaired) electrons. The Morgan fingerprint density at radius 3 is 1.65 bits per heavy atom. The number of unbranched alkanes of at least 4 members (excludes halogenated alkanes) is 15. The summed E-state index contributed by atoms with van der Waals surface area (Å²) < 4.78 is 5.71. The number of nitrogens with zero attached hydrogens (tertiary/aromatic N) is 1. The Hall–Kier alpha value is -0.610. The standard InChI is InChI=1S/C27H54N2O2/c1-2-3-4-5-6-7-8-9-10-11-12-13-14-15-16-19-24-31-25-20-21-28-27(30)26-29-22-17-18-23-29/h2-26H2,1H3,(H,28,30). The molecule has 1 saturated heterocycles. The Kier molecular flexibility index (Phi) is 20.7. The van der Waals surface area contributed by atoms with Crippen molar-refractivity contribution in [1.29, 1.82) is 0 Å². The van der Waals surface area contributed by atoms with Crippen LogP contribution in [0.25, 0.3) is 0 Å². The van der Waals surface area contributed by atoms with E-state index < -0.39 is 0 Å². The zero-order valence-corrected chi connectivity index (χ0v) is 20.9. The summed E-state index contributed by atoms with van der Waals surface area (Å²) in [7, 11) is 0. The Morgan fingerprint density at radius 2 is 1.13 bits per heavy atom. The lowest BCUT2D eigenvalue weighted by Gasteiger charge is -2.14. The zero-order valence-electron chi connectivity index (χ0n) is 20.9. The Bertz CT molecular complexity index is 383. The summed E-state index contributed by atoms with van der Waals surface area (Å²) in [4.78, 5) is 14.0. The van der Waals surface area contributed by atoms with Gasteiger partial charge < -0.3 is 10.1 Å².